The van der Waals surface area contributed by atoms with E-state index in [1.54, 1.807) is 13.0 Å². The van der Waals surface area contributed by atoms with E-state index in [1.807, 2.05) is 0 Å². The highest BCUT2D eigenvalue weighted by atomic mass is 35.5. The maximum Gasteiger partial charge on any atom is 0.273 e. The molecule has 1 aromatic heterocycles. The summed E-state index contributed by atoms with van der Waals surface area (Å²) in [6, 6.07) is 1.61. The smallest absolute Gasteiger partial charge is 0.273 e. The molecule has 5 nitrogen and oxygen atoms in total. The number of nitrogens with one attached hydrogen (secondary N) is 1. The number of carbonyl (C=O) groups is 1. The number of amides is 1. The topological polar surface area (TPSA) is 64.4 Å². The van der Waals surface area contributed by atoms with Crippen LogP contribution in [0.5, 0.6) is 0 Å². The third-order valence-electron chi connectivity index (χ3n) is 2.95. The first kappa shape index (κ1) is 12.4. The Morgan fingerprint density at radius 2 is 2.29 bits per heavy atom. The molecule has 0 aromatic carbocycles. The lowest BCUT2D eigenvalue weighted by molar-refractivity contribution is 0.0431. The van der Waals surface area contributed by atoms with Crippen LogP contribution < -0.4 is 5.32 Å². The number of halogens is 1. The molecule has 1 saturated heterocycles. The molecular formula is C11H15ClN2O3. The van der Waals surface area contributed by atoms with Crippen LogP contribution in [0, 0.1) is 6.92 Å². The molecule has 1 aromatic rings. The summed E-state index contributed by atoms with van der Waals surface area (Å²) in [5, 5.41) is 6.62. The van der Waals surface area contributed by atoms with Gasteiger partial charge in [0, 0.05) is 25.2 Å². The van der Waals surface area contributed by atoms with Crippen molar-refractivity contribution in [2.24, 2.45) is 0 Å². The molecule has 0 bridgehead atoms. The van der Waals surface area contributed by atoms with E-state index in [1.165, 1.54) is 0 Å². The maximum atomic E-state index is 12.0. The Bertz CT molecular complexity index is 399. The number of hydrogen-bond donors (Lipinski definition) is 1. The number of ether oxygens (including phenoxy) is 1. The molecule has 1 fully saturated rings. The molecule has 0 saturated carbocycles. The van der Waals surface area contributed by atoms with Crippen LogP contribution in [0.1, 0.15) is 29.1 Å². The summed E-state index contributed by atoms with van der Waals surface area (Å²) in [5.74, 6) is 0.741. The SMILES string of the molecule is Cc1cc(C(=O)NC2(CCl)CCOCC2)no1. The monoisotopic (exact) mass is 258 g/mol. The van der Waals surface area contributed by atoms with Crippen LogP contribution in [-0.2, 0) is 4.74 Å². The van der Waals surface area contributed by atoms with Crippen molar-refractivity contribution >= 4 is 17.5 Å². The maximum absolute atomic E-state index is 12.0. The molecule has 0 radical (unpaired) electrons. The van der Waals surface area contributed by atoms with E-state index < -0.39 is 0 Å². The zero-order valence-corrected chi connectivity index (χ0v) is 10.4. The van der Waals surface area contributed by atoms with Crippen LogP contribution in [0.25, 0.3) is 0 Å². The molecule has 2 heterocycles. The number of nitrogens with zero attached hydrogens (tertiary/aromatic N) is 1. The molecule has 17 heavy (non-hydrogen) atoms. The van der Waals surface area contributed by atoms with E-state index in [0.717, 1.165) is 12.8 Å². The summed E-state index contributed by atoms with van der Waals surface area (Å²) < 4.78 is 10.1. The van der Waals surface area contributed by atoms with Gasteiger partial charge >= 0.3 is 0 Å². The van der Waals surface area contributed by atoms with Gasteiger partial charge in [0.2, 0.25) is 0 Å². The normalized spacial score (nSPS) is 18.9. The first-order chi connectivity index (χ1) is 8.15. The van der Waals surface area contributed by atoms with Crippen molar-refractivity contribution < 1.29 is 14.1 Å². The minimum Gasteiger partial charge on any atom is -0.381 e. The van der Waals surface area contributed by atoms with E-state index >= 15 is 0 Å². The van der Waals surface area contributed by atoms with Gasteiger partial charge in [0.25, 0.3) is 5.91 Å². The predicted molar refractivity (Wildman–Crippen MR) is 62.2 cm³/mol. The van der Waals surface area contributed by atoms with Gasteiger partial charge in [0.05, 0.1) is 5.54 Å². The molecule has 0 aliphatic carbocycles. The predicted octanol–water partition coefficient (Wildman–Crippen LogP) is 1.50. The number of aromatic nitrogens is 1. The summed E-state index contributed by atoms with van der Waals surface area (Å²) in [6.07, 6.45) is 1.44. The molecule has 1 aliphatic rings. The van der Waals surface area contributed by atoms with Gasteiger partial charge in [0.15, 0.2) is 5.69 Å². The number of alkyl halides is 1. The van der Waals surface area contributed by atoms with Crippen molar-refractivity contribution in [2.45, 2.75) is 25.3 Å². The van der Waals surface area contributed by atoms with Gasteiger partial charge in [-0.15, -0.1) is 11.6 Å². The highest BCUT2D eigenvalue weighted by molar-refractivity contribution is 6.19. The lowest BCUT2D eigenvalue weighted by atomic mass is 9.92. The second kappa shape index (κ2) is 5.06. The van der Waals surface area contributed by atoms with Crippen molar-refractivity contribution in [3.05, 3.63) is 17.5 Å². The van der Waals surface area contributed by atoms with Gasteiger partial charge in [-0.2, -0.15) is 0 Å². The highest BCUT2D eigenvalue weighted by Crippen LogP contribution is 2.22. The zero-order valence-electron chi connectivity index (χ0n) is 9.66. The lowest BCUT2D eigenvalue weighted by Crippen LogP contribution is -2.53. The minimum atomic E-state index is -0.385. The Balaban J connectivity index is 2.05. The standard InChI is InChI=1S/C11H15ClN2O3/c1-8-6-9(14-17-8)10(15)13-11(7-12)2-4-16-5-3-11/h6H,2-5,7H2,1H3,(H,13,15). The lowest BCUT2D eigenvalue weighted by Gasteiger charge is -2.35. The summed E-state index contributed by atoms with van der Waals surface area (Å²) in [6.45, 7) is 2.98. The van der Waals surface area contributed by atoms with Gasteiger partial charge in [0.1, 0.15) is 5.76 Å². The fourth-order valence-corrected chi connectivity index (χ4v) is 2.17. The Morgan fingerprint density at radius 1 is 1.59 bits per heavy atom. The molecule has 1 amide bonds. The molecular weight excluding hydrogens is 244 g/mol. The van der Waals surface area contributed by atoms with Gasteiger partial charge in [-0.25, -0.2) is 0 Å². The third-order valence-corrected chi connectivity index (χ3v) is 3.46. The second-order valence-electron chi connectivity index (χ2n) is 4.30. The summed E-state index contributed by atoms with van der Waals surface area (Å²) in [7, 11) is 0. The molecule has 1 aliphatic heterocycles. The van der Waals surface area contributed by atoms with Crippen LogP contribution >= 0.6 is 11.6 Å². The van der Waals surface area contributed by atoms with E-state index in [2.05, 4.69) is 10.5 Å². The Morgan fingerprint density at radius 3 is 2.82 bits per heavy atom. The van der Waals surface area contributed by atoms with Crippen LogP contribution in [0.15, 0.2) is 10.6 Å². The molecule has 1 N–H and O–H groups in total. The Labute approximate surface area is 104 Å². The van der Waals surface area contributed by atoms with Crippen LogP contribution in [0.4, 0.5) is 0 Å². The molecule has 0 atom stereocenters. The molecule has 0 spiro atoms. The van der Waals surface area contributed by atoms with E-state index in [0.29, 0.717) is 30.5 Å². The van der Waals surface area contributed by atoms with E-state index in [-0.39, 0.29) is 11.4 Å². The third kappa shape index (κ3) is 2.79. The minimum absolute atomic E-state index is 0.246. The molecule has 6 heteroatoms. The van der Waals surface area contributed by atoms with E-state index in [9.17, 15) is 4.79 Å². The average molecular weight is 259 g/mol. The summed E-state index contributed by atoms with van der Waals surface area (Å²) in [4.78, 5) is 12.0. The van der Waals surface area contributed by atoms with Crippen molar-refractivity contribution in [1.29, 1.82) is 0 Å². The number of rotatable bonds is 3. The van der Waals surface area contributed by atoms with Crippen LogP contribution in [0.3, 0.4) is 0 Å². The number of hydrogen-bond acceptors (Lipinski definition) is 4. The van der Waals surface area contributed by atoms with Crippen LogP contribution in [0.2, 0.25) is 0 Å². The second-order valence-corrected chi connectivity index (χ2v) is 4.57. The van der Waals surface area contributed by atoms with Crippen molar-refractivity contribution in [1.82, 2.24) is 10.5 Å². The van der Waals surface area contributed by atoms with Crippen molar-refractivity contribution in [3.8, 4) is 0 Å². The quantitative estimate of drug-likeness (QED) is 0.835. The van der Waals surface area contributed by atoms with Gasteiger partial charge in [-0.1, -0.05) is 5.16 Å². The Hall–Kier alpha value is -1.07. The fraction of sp³-hybridized carbons (Fsp3) is 0.636. The van der Waals surface area contributed by atoms with Crippen LogP contribution in [-0.4, -0.2) is 35.7 Å². The molecule has 0 unspecified atom stereocenters. The van der Waals surface area contributed by atoms with Crippen molar-refractivity contribution in [3.63, 3.8) is 0 Å². The molecule has 94 valence electrons. The Kier molecular flexibility index (Phi) is 3.69. The van der Waals surface area contributed by atoms with Gasteiger partial charge < -0.3 is 14.6 Å². The van der Waals surface area contributed by atoms with Crippen molar-refractivity contribution in [2.75, 3.05) is 19.1 Å². The largest absolute Gasteiger partial charge is 0.381 e. The average Bonchev–Trinajstić information content (AvgIpc) is 2.77. The van der Waals surface area contributed by atoms with Gasteiger partial charge in [-0.3, -0.25) is 4.79 Å². The summed E-state index contributed by atoms with van der Waals surface area (Å²) >= 11 is 5.96. The number of aryl methyl sites for hydroxylation is 1. The summed E-state index contributed by atoms with van der Waals surface area (Å²) in [5.41, 5.74) is -0.0949. The van der Waals surface area contributed by atoms with Gasteiger partial charge in [-0.05, 0) is 19.8 Å². The molecule has 2 rings (SSSR count). The highest BCUT2D eigenvalue weighted by Gasteiger charge is 2.34. The fourth-order valence-electron chi connectivity index (χ4n) is 1.83. The van der Waals surface area contributed by atoms with E-state index in [4.69, 9.17) is 20.9 Å². The first-order valence-corrected chi connectivity index (χ1v) is 6.08. The first-order valence-electron chi connectivity index (χ1n) is 5.55. The number of carbonyl (C=O) groups excluding carboxylic acids is 1. The zero-order chi connectivity index (χ0) is 12.3.